The Morgan fingerprint density at radius 2 is 1.95 bits per heavy atom. The largest absolute Gasteiger partial charge is 0.303 e. The van der Waals surface area contributed by atoms with Gasteiger partial charge < -0.3 is 14.6 Å². The van der Waals surface area contributed by atoms with Crippen LogP contribution in [0.15, 0.2) is 0 Å². The third-order valence-electron chi connectivity index (χ3n) is 5.63. The van der Waals surface area contributed by atoms with E-state index in [-0.39, 0.29) is 5.41 Å². The normalized spacial score (nSPS) is 30.1. The van der Waals surface area contributed by atoms with E-state index in [4.69, 9.17) is 0 Å². The number of hydrogen-bond donors (Lipinski definition) is 0. The Hall–Kier alpha value is -0.410. The molecule has 0 aromatic carbocycles. The van der Waals surface area contributed by atoms with Gasteiger partial charge >= 0.3 is 0 Å². The molecule has 0 aromatic heterocycles. The van der Waals surface area contributed by atoms with Crippen molar-refractivity contribution in [3.63, 3.8) is 0 Å². The number of nitrogens with zero attached hydrogens (tertiary/aromatic N) is 2. The quantitative estimate of drug-likeness (QED) is 0.714. The van der Waals surface area contributed by atoms with Crippen molar-refractivity contribution < 1.29 is 4.79 Å². The molecule has 0 amide bonds. The lowest BCUT2D eigenvalue weighted by Crippen LogP contribution is -2.54. The first kappa shape index (κ1) is 15.0. The molecule has 0 aliphatic carbocycles. The highest BCUT2D eigenvalue weighted by Gasteiger charge is 2.37. The van der Waals surface area contributed by atoms with Crippen LogP contribution in [0.3, 0.4) is 0 Å². The monoisotopic (exact) mass is 266 g/mol. The van der Waals surface area contributed by atoms with Gasteiger partial charge in [0.25, 0.3) is 0 Å². The lowest BCUT2D eigenvalue weighted by molar-refractivity contribution is -0.118. The molecule has 2 saturated heterocycles. The van der Waals surface area contributed by atoms with Gasteiger partial charge in [-0.1, -0.05) is 13.8 Å². The highest BCUT2D eigenvalue weighted by Crippen LogP contribution is 2.32. The second kappa shape index (κ2) is 6.36. The molecule has 2 aliphatic rings. The Morgan fingerprint density at radius 1 is 1.21 bits per heavy atom. The summed E-state index contributed by atoms with van der Waals surface area (Å²) in [5, 5.41) is 0. The summed E-state index contributed by atoms with van der Waals surface area (Å²) < 4.78 is 0. The fourth-order valence-electron chi connectivity index (χ4n) is 3.99. The summed E-state index contributed by atoms with van der Waals surface area (Å²) in [5.74, 6) is 0.825. The molecule has 0 spiro atoms. The summed E-state index contributed by atoms with van der Waals surface area (Å²) >= 11 is 0. The maximum Gasteiger partial charge on any atom is 0.127 e. The third kappa shape index (κ3) is 3.19. The van der Waals surface area contributed by atoms with Crippen molar-refractivity contribution in [2.45, 2.75) is 52.0 Å². The molecule has 3 heteroatoms. The number of carbonyl (C=O) groups excluding carboxylic acids is 1. The summed E-state index contributed by atoms with van der Waals surface area (Å²) in [6.07, 6.45) is 7.15. The lowest BCUT2D eigenvalue weighted by atomic mass is 9.80. The van der Waals surface area contributed by atoms with E-state index in [2.05, 4.69) is 30.7 Å². The Balaban J connectivity index is 1.95. The maximum atomic E-state index is 11.5. The SMILES string of the molecule is CCC(C=O)(CC)CN1CCC2C(CCCN2C)C1. The maximum absolute atomic E-state index is 11.5. The van der Waals surface area contributed by atoms with Crippen LogP contribution in [0.5, 0.6) is 0 Å². The molecule has 3 nitrogen and oxygen atoms in total. The molecular formula is C16H30N2O. The molecule has 2 rings (SSSR count). The highest BCUT2D eigenvalue weighted by atomic mass is 16.1. The molecule has 0 radical (unpaired) electrons. The standard InChI is InChI=1S/C16H30N2O/c1-4-16(5-2,13-19)12-18-10-8-15-14(11-18)7-6-9-17(15)3/h13-15H,4-12H2,1-3H3. The number of carbonyl (C=O) groups is 1. The average molecular weight is 266 g/mol. The van der Waals surface area contributed by atoms with Crippen molar-refractivity contribution in [1.29, 1.82) is 0 Å². The number of hydrogen-bond acceptors (Lipinski definition) is 3. The zero-order valence-electron chi connectivity index (χ0n) is 12.9. The molecule has 2 heterocycles. The van der Waals surface area contributed by atoms with Crippen molar-refractivity contribution in [3.8, 4) is 0 Å². The number of likely N-dealkylation sites (tertiary alicyclic amines) is 2. The van der Waals surface area contributed by atoms with E-state index in [9.17, 15) is 4.79 Å². The van der Waals surface area contributed by atoms with Crippen molar-refractivity contribution in [2.75, 3.05) is 33.2 Å². The van der Waals surface area contributed by atoms with Gasteiger partial charge in [0.2, 0.25) is 0 Å². The van der Waals surface area contributed by atoms with E-state index in [0.29, 0.717) is 0 Å². The van der Waals surface area contributed by atoms with Crippen LogP contribution < -0.4 is 0 Å². The summed E-state index contributed by atoms with van der Waals surface area (Å²) in [4.78, 5) is 16.6. The predicted octanol–water partition coefficient (Wildman–Crippen LogP) is 2.41. The van der Waals surface area contributed by atoms with Gasteiger partial charge in [0.05, 0.1) is 0 Å². The smallest absolute Gasteiger partial charge is 0.127 e. The molecule has 0 aromatic rings. The Bertz CT molecular complexity index is 301. The fourth-order valence-corrected chi connectivity index (χ4v) is 3.99. The van der Waals surface area contributed by atoms with E-state index in [1.165, 1.54) is 45.2 Å². The Kier molecular flexibility index (Phi) is 5.02. The van der Waals surface area contributed by atoms with E-state index in [1.54, 1.807) is 0 Å². The number of fused-ring (bicyclic) bond motifs is 1. The topological polar surface area (TPSA) is 23.6 Å². The van der Waals surface area contributed by atoms with Crippen molar-refractivity contribution in [3.05, 3.63) is 0 Å². The molecule has 2 fully saturated rings. The average Bonchev–Trinajstić information content (AvgIpc) is 2.45. The predicted molar refractivity (Wildman–Crippen MR) is 79.3 cm³/mol. The van der Waals surface area contributed by atoms with Crippen LogP contribution in [0.25, 0.3) is 0 Å². The molecule has 2 atom stereocenters. The van der Waals surface area contributed by atoms with Gasteiger partial charge in [-0.2, -0.15) is 0 Å². The lowest BCUT2D eigenvalue weighted by Gasteiger charge is -2.47. The van der Waals surface area contributed by atoms with Crippen LogP contribution in [-0.4, -0.2) is 55.4 Å². The molecular weight excluding hydrogens is 236 g/mol. The van der Waals surface area contributed by atoms with Crippen molar-refractivity contribution in [2.24, 2.45) is 11.3 Å². The number of rotatable bonds is 5. The second-order valence-electron chi connectivity index (χ2n) is 6.66. The molecule has 0 N–H and O–H groups in total. The van der Waals surface area contributed by atoms with E-state index >= 15 is 0 Å². The van der Waals surface area contributed by atoms with E-state index in [0.717, 1.165) is 31.3 Å². The zero-order chi connectivity index (χ0) is 13.9. The number of aldehydes is 1. The minimum absolute atomic E-state index is 0.104. The minimum atomic E-state index is -0.104. The van der Waals surface area contributed by atoms with E-state index in [1.807, 2.05) is 0 Å². The summed E-state index contributed by atoms with van der Waals surface area (Å²) in [5.41, 5.74) is -0.104. The van der Waals surface area contributed by atoms with Gasteiger partial charge in [-0.3, -0.25) is 0 Å². The van der Waals surface area contributed by atoms with Crippen LogP contribution in [0.4, 0.5) is 0 Å². The number of piperidine rings is 2. The van der Waals surface area contributed by atoms with Gasteiger partial charge in [-0.15, -0.1) is 0 Å². The van der Waals surface area contributed by atoms with Crippen molar-refractivity contribution >= 4 is 6.29 Å². The minimum Gasteiger partial charge on any atom is -0.303 e. The Morgan fingerprint density at radius 3 is 2.58 bits per heavy atom. The molecule has 2 unspecified atom stereocenters. The van der Waals surface area contributed by atoms with Gasteiger partial charge in [0, 0.05) is 24.5 Å². The molecule has 2 aliphatic heterocycles. The van der Waals surface area contributed by atoms with Crippen molar-refractivity contribution in [1.82, 2.24) is 9.80 Å². The summed E-state index contributed by atoms with van der Waals surface area (Å²) in [6.45, 7) is 8.91. The molecule has 19 heavy (non-hydrogen) atoms. The van der Waals surface area contributed by atoms with Crippen LogP contribution in [-0.2, 0) is 4.79 Å². The summed E-state index contributed by atoms with van der Waals surface area (Å²) in [7, 11) is 2.28. The first-order valence-electron chi connectivity index (χ1n) is 8.03. The van der Waals surface area contributed by atoms with Crippen LogP contribution >= 0.6 is 0 Å². The van der Waals surface area contributed by atoms with Gasteiger partial charge in [0.1, 0.15) is 6.29 Å². The molecule has 110 valence electrons. The van der Waals surface area contributed by atoms with Crippen LogP contribution in [0, 0.1) is 11.3 Å². The van der Waals surface area contributed by atoms with Gasteiger partial charge in [-0.25, -0.2) is 0 Å². The zero-order valence-corrected chi connectivity index (χ0v) is 12.9. The molecule has 0 bridgehead atoms. The summed E-state index contributed by atoms with van der Waals surface area (Å²) in [6, 6.07) is 0.791. The van der Waals surface area contributed by atoms with Gasteiger partial charge in [-0.05, 0) is 58.2 Å². The highest BCUT2D eigenvalue weighted by molar-refractivity contribution is 5.59. The third-order valence-corrected chi connectivity index (χ3v) is 5.63. The first-order valence-corrected chi connectivity index (χ1v) is 8.03. The van der Waals surface area contributed by atoms with Gasteiger partial charge in [0.15, 0.2) is 0 Å². The van der Waals surface area contributed by atoms with E-state index < -0.39 is 0 Å². The Labute approximate surface area is 118 Å². The first-order chi connectivity index (χ1) is 9.14. The molecule has 0 saturated carbocycles. The second-order valence-corrected chi connectivity index (χ2v) is 6.66. The van der Waals surface area contributed by atoms with Crippen LogP contribution in [0.1, 0.15) is 46.0 Å². The van der Waals surface area contributed by atoms with Crippen LogP contribution in [0.2, 0.25) is 0 Å². The fraction of sp³-hybridized carbons (Fsp3) is 0.938.